The minimum atomic E-state index is 0.0872. The lowest BCUT2D eigenvalue weighted by molar-refractivity contribution is -0.121. The molecule has 0 aliphatic carbocycles. The van der Waals surface area contributed by atoms with Gasteiger partial charge in [0.25, 0.3) is 0 Å². The van der Waals surface area contributed by atoms with Crippen LogP contribution < -0.4 is 5.32 Å². The largest absolute Gasteiger partial charge is 0.354 e. The van der Waals surface area contributed by atoms with E-state index in [4.69, 9.17) is 0 Å². The van der Waals surface area contributed by atoms with Crippen LogP contribution in [0.5, 0.6) is 0 Å². The number of nitrogens with zero attached hydrogens (tertiary/aromatic N) is 3. The summed E-state index contributed by atoms with van der Waals surface area (Å²) >= 11 is 0. The molecule has 20 heavy (non-hydrogen) atoms. The first-order valence-corrected chi connectivity index (χ1v) is 6.90. The number of hydrogen-bond acceptors (Lipinski definition) is 3. The van der Waals surface area contributed by atoms with Crippen molar-refractivity contribution in [2.75, 3.05) is 6.54 Å². The maximum Gasteiger partial charge on any atom is 0.220 e. The summed E-state index contributed by atoms with van der Waals surface area (Å²) in [5, 5.41) is 13.8. The molecular formula is C14H21N5O. The molecule has 108 valence electrons. The Morgan fingerprint density at radius 1 is 1.50 bits per heavy atom. The van der Waals surface area contributed by atoms with Crippen molar-refractivity contribution in [3.8, 4) is 0 Å². The van der Waals surface area contributed by atoms with E-state index in [0.29, 0.717) is 13.0 Å². The van der Waals surface area contributed by atoms with Gasteiger partial charge < -0.3 is 5.32 Å². The Morgan fingerprint density at radius 2 is 2.35 bits per heavy atom. The summed E-state index contributed by atoms with van der Waals surface area (Å²) in [7, 11) is 0. The van der Waals surface area contributed by atoms with Crippen molar-refractivity contribution in [1.29, 1.82) is 0 Å². The fourth-order valence-corrected chi connectivity index (χ4v) is 1.98. The molecule has 1 amide bonds. The van der Waals surface area contributed by atoms with Crippen LogP contribution in [0.15, 0.2) is 24.8 Å². The number of aryl methyl sites for hydroxylation is 2. The van der Waals surface area contributed by atoms with Gasteiger partial charge in [0, 0.05) is 25.4 Å². The van der Waals surface area contributed by atoms with E-state index in [1.165, 1.54) is 0 Å². The van der Waals surface area contributed by atoms with E-state index in [0.717, 1.165) is 24.0 Å². The van der Waals surface area contributed by atoms with Crippen LogP contribution >= 0.6 is 0 Å². The molecule has 2 N–H and O–H groups in total. The van der Waals surface area contributed by atoms with Gasteiger partial charge in [-0.3, -0.25) is 14.6 Å². The highest BCUT2D eigenvalue weighted by molar-refractivity contribution is 5.75. The van der Waals surface area contributed by atoms with Gasteiger partial charge >= 0.3 is 0 Å². The highest BCUT2D eigenvalue weighted by atomic mass is 16.1. The van der Waals surface area contributed by atoms with Gasteiger partial charge in [0.2, 0.25) is 5.91 Å². The summed E-state index contributed by atoms with van der Waals surface area (Å²) < 4.78 is 1.88. The van der Waals surface area contributed by atoms with Gasteiger partial charge in [-0.15, -0.1) is 0 Å². The third-order valence-corrected chi connectivity index (χ3v) is 3.20. The molecule has 0 saturated heterocycles. The number of carbonyl (C=O) groups is 1. The second-order valence-electron chi connectivity index (χ2n) is 5.11. The topological polar surface area (TPSA) is 75.6 Å². The van der Waals surface area contributed by atoms with E-state index < -0.39 is 0 Å². The molecule has 1 atom stereocenters. The number of aromatic amines is 1. The zero-order chi connectivity index (χ0) is 14.4. The number of rotatable bonds is 7. The lowest BCUT2D eigenvalue weighted by Gasteiger charge is -2.13. The van der Waals surface area contributed by atoms with Crippen molar-refractivity contribution in [2.45, 2.75) is 39.2 Å². The highest BCUT2D eigenvalue weighted by Crippen LogP contribution is 2.05. The van der Waals surface area contributed by atoms with Crippen LogP contribution in [0.1, 0.15) is 36.9 Å². The Morgan fingerprint density at radius 3 is 3.00 bits per heavy atom. The van der Waals surface area contributed by atoms with Crippen LogP contribution in [0, 0.1) is 6.92 Å². The van der Waals surface area contributed by atoms with Gasteiger partial charge in [0.05, 0.1) is 18.4 Å². The molecule has 2 heterocycles. The predicted octanol–water partition coefficient (Wildman–Crippen LogP) is 1.61. The molecule has 6 nitrogen and oxygen atoms in total. The van der Waals surface area contributed by atoms with E-state index in [-0.39, 0.29) is 11.9 Å². The normalized spacial score (nSPS) is 12.3. The second-order valence-corrected chi connectivity index (χ2v) is 5.11. The predicted molar refractivity (Wildman–Crippen MR) is 76.2 cm³/mol. The molecule has 2 rings (SSSR count). The van der Waals surface area contributed by atoms with Crippen LogP contribution in [-0.2, 0) is 11.2 Å². The zero-order valence-electron chi connectivity index (χ0n) is 12.0. The molecule has 0 saturated carbocycles. The third kappa shape index (κ3) is 4.22. The lowest BCUT2D eigenvalue weighted by Crippen LogP contribution is -2.29. The average molecular weight is 275 g/mol. The van der Waals surface area contributed by atoms with Crippen molar-refractivity contribution >= 4 is 5.91 Å². The standard InChI is InChI=1S/C14H21N5O/c1-11-6-18-19(10-11)12(2)7-15-14(20)5-3-4-13-8-16-17-9-13/h6,8-10,12H,3-5,7H2,1-2H3,(H,15,20)(H,16,17)/t12-/m1/s1. The Labute approximate surface area is 118 Å². The summed E-state index contributed by atoms with van der Waals surface area (Å²) in [6.07, 6.45) is 9.70. The Balaban J connectivity index is 1.64. The fraction of sp³-hybridized carbons (Fsp3) is 0.500. The Bertz CT molecular complexity index is 532. The monoisotopic (exact) mass is 275 g/mol. The maximum atomic E-state index is 11.7. The van der Waals surface area contributed by atoms with Crippen LogP contribution in [0.3, 0.4) is 0 Å². The third-order valence-electron chi connectivity index (χ3n) is 3.20. The summed E-state index contributed by atoms with van der Waals surface area (Å²) in [6, 6.07) is 0.168. The van der Waals surface area contributed by atoms with Crippen LogP contribution in [0.25, 0.3) is 0 Å². The van der Waals surface area contributed by atoms with Gasteiger partial charge in [-0.2, -0.15) is 10.2 Å². The first-order valence-electron chi connectivity index (χ1n) is 6.90. The Kier molecular flexibility index (Phi) is 4.92. The van der Waals surface area contributed by atoms with E-state index in [2.05, 4.69) is 20.6 Å². The summed E-state index contributed by atoms with van der Waals surface area (Å²) in [5.74, 6) is 0.0872. The molecule has 0 spiro atoms. The second kappa shape index (κ2) is 6.88. The SMILES string of the molecule is Cc1cnn([C@H](C)CNC(=O)CCCc2cn[nH]c2)c1. The molecule has 0 radical (unpaired) electrons. The van der Waals surface area contributed by atoms with E-state index in [1.807, 2.05) is 37.1 Å². The smallest absolute Gasteiger partial charge is 0.220 e. The minimum Gasteiger partial charge on any atom is -0.354 e. The zero-order valence-corrected chi connectivity index (χ0v) is 12.0. The number of nitrogens with one attached hydrogen (secondary N) is 2. The number of aromatic nitrogens is 4. The van der Waals surface area contributed by atoms with Gasteiger partial charge in [-0.25, -0.2) is 0 Å². The lowest BCUT2D eigenvalue weighted by atomic mass is 10.1. The van der Waals surface area contributed by atoms with E-state index in [9.17, 15) is 4.79 Å². The summed E-state index contributed by atoms with van der Waals surface area (Å²) in [4.78, 5) is 11.7. The number of carbonyl (C=O) groups excluding carboxylic acids is 1. The van der Waals surface area contributed by atoms with Gasteiger partial charge in [0.15, 0.2) is 0 Å². The quantitative estimate of drug-likeness (QED) is 0.806. The van der Waals surface area contributed by atoms with Crippen molar-refractivity contribution in [2.24, 2.45) is 0 Å². The minimum absolute atomic E-state index is 0.0872. The maximum absolute atomic E-state index is 11.7. The number of H-pyrrole nitrogens is 1. The fourth-order valence-electron chi connectivity index (χ4n) is 1.98. The molecule has 0 bridgehead atoms. The molecule has 6 heteroatoms. The van der Waals surface area contributed by atoms with Crippen LogP contribution in [0.2, 0.25) is 0 Å². The highest BCUT2D eigenvalue weighted by Gasteiger charge is 2.08. The first-order chi connectivity index (χ1) is 9.65. The molecule has 2 aromatic rings. The Hall–Kier alpha value is -2.11. The first kappa shape index (κ1) is 14.3. The van der Waals surface area contributed by atoms with Gasteiger partial charge in [0.1, 0.15) is 0 Å². The number of hydrogen-bond donors (Lipinski definition) is 2. The molecule has 0 aliphatic heterocycles. The van der Waals surface area contributed by atoms with Gasteiger partial charge in [-0.1, -0.05) is 0 Å². The van der Waals surface area contributed by atoms with Crippen LogP contribution in [0.4, 0.5) is 0 Å². The van der Waals surface area contributed by atoms with E-state index >= 15 is 0 Å². The molecule has 0 fully saturated rings. The molecule has 0 aliphatic rings. The summed E-state index contributed by atoms with van der Waals surface area (Å²) in [5.41, 5.74) is 2.27. The van der Waals surface area contributed by atoms with Crippen molar-refractivity contribution in [1.82, 2.24) is 25.3 Å². The molecular weight excluding hydrogens is 254 g/mol. The summed E-state index contributed by atoms with van der Waals surface area (Å²) in [6.45, 7) is 4.65. The van der Waals surface area contributed by atoms with Gasteiger partial charge in [-0.05, 0) is 37.8 Å². The van der Waals surface area contributed by atoms with Crippen molar-refractivity contribution in [3.63, 3.8) is 0 Å². The molecule has 2 aromatic heterocycles. The average Bonchev–Trinajstić information content (AvgIpc) is 3.07. The van der Waals surface area contributed by atoms with E-state index in [1.54, 1.807) is 6.20 Å². The molecule has 0 aromatic carbocycles. The molecule has 0 unspecified atom stereocenters. The van der Waals surface area contributed by atoms with Crippen LogP contribution in [-0.4, -0.2) is 32.4 Å². The van der Waals surface area contributed by atoms with Crippen molar-refractivity contribution in [3.05, 3.63) is 35.9 Å². The number of amides is 1. The van der Waals surface area contributed by atoms with Crippen molar-refractivity contribution < 1.29 is 4.79 Å².